The molecule has 7 heteroatoms. The molecule has 0 fully saturated rings. The number of hydrogen-bond donors (Lipinski definition) is 1. The first kappa shape index (κ1) is 22.4. The Morgan fingerprint density at radius 2 is 1.71 bits per heavy atom. The summed E-state index contributed by atoms with van der Waals surface area (Å²) in [7, 11) is 3.07. The van der Waals surface area contributed by atoms with Crippen LogP contribution >= 0.6 is 0 Å². The minimum absolute atomic E-state index is 0.0102. The van der Waals surface area contributed by atoms with Gasteiger partial charge in [0.1, 0.15) is 5.70 Å². The SMILES string of the molecule is COc1ccc(C2=C(Nc3cccc(C)c3)C(=O)N(CCOC(C)C)C2=O)cc1OC. The molecule has 0 bridgehead atoms. The van der Waals surface area contributed by atoms with E-state index in [0.29, 0.717) is 17.1 Å². The second-order valence-corrected chi connectivity index (χ2v) is 7.50. The van der Waals surface area contributed by atoms with E-state index in [-0.39, 0.29) is 42.3 Å². The zero-order chi connectivity index (χ0) is 22.5. The normalized spacial score (nSPS) is 13.9. The molecule has 0 atom stereocenters. The van der Waals surface area contributed by atoms with Gasteiger partial charge in [0.05, 0.1) is 39.0 Å². The van der Waals surface area contributed by atoms with Crippen molar-refractivity contribution in [3.8, 4) is 11.5 Å². The number of benzene rings is 2. The largest absolute Gasteiger partial charge is 0.493 e. The van der Waals surface area contributed by atoms with Gasteiger partial charge in [-0.05, 0) is 56.2 Å². The summed E-state index contributed by atoms with van der Waals surface area (Å²) >= 11 is 0. The van der Waals surface area contributed by atoms with Gasteiger partial charge in [-0.15, -0.1) is 0 Å². The van der Waals surface area contributed by atoms with Gasteiger partial charge in [-0.2, -0.15) is 0 Å². The van der Waals surface area contributed by atoms with E-state index in [1.165, 1.54) is 12.0 Å². The third-order valence-electron chi connectivity index (χ3n) is 4.89. The van der Waals surface area contributed by atoms with Crippen molar-refractivity contribution in [2.75, 3.05) is 32.7 Å². The molecule has 2 aromatic carbocycles. The molecule has 0 aliphatic carbocycles. The first-order valence-electron chi connectivity index (χ1n) is 10.1. The molecule has 2 amide bonds. The molecule has 0 unspecified atom stereocenters. The van der Waals surface area contributed by atoms with Gasteiger partial charge in [-0.1, -0.05) is 18.2 Å². The van der Waals surface area contributed by atoms with E-state index in [4.69, 9.17) is 14.2 Å². The predicted octanol–water partition coefficient (Wildman–Crippen LogP) is 3.63. The molecule has 0 saturated heterocycles. The van der Waals surface area contributed by atoms with E-state index >= 15 is 0 Å². The maximum Gasteiger partial charge on any atom is 0.278 e. The second kappa shape index (κ2) is 9.66. The number of carbonyl (C=O) groups is 2. The lowest BCUT2D eigenvalue weighted by Gasteiger charge is -2.16. The monoisotopic (exact) mass is 424 g/mol. The summed E-state index contributed by atoms with van der Waals surface area (Å²) in [4.78, 5) is 27.7. The summed E-state index contributed by atoms with van der Waals surface area (Å²) < 4.78 is 16.2. The average molecular weight is 424 g/mol. The van der Waals surface area contributed by atoms with Gasteiger partial charge >= 0.3 is 0 Å². The molecule has 7 nitrogen and oxygen atoms in total. The fraction of sp³-hybridized carbons (Fsp3) is 0.333. The van der Waals surface area contributed by atoms with Crippen LogP contribution in [-0.4, -0.2) is 50.2 Å². The fourth-order valence-electron chi connectivity index (χ4n) is 3.40. The van der Waals surface area contributed by atoms with Gasteiger partial charge in [0.15, 0.2) is 11.5 Å². The van der Waals surface area contributed by atoms with Crippen molar-refractivity contribution >= 4 is 23.1 Å². The third kappa shape index (κ3) is 4.88. The zero-order valence-electron chi connectivity index (χ0n) is 18.5. The summed E-state index contributed by atoms with van der Waals surface area (Å²) in [5.74, 6) is 0.256. The Morgan fingerprint density at radius 3 is 2.35 bits per heavy atom. The Balaban J connectivity index is 2.02. The number of anilines is 1. The highest BCUT2D eigenvalue weighted by Crippen LogP contribution is 2.35. The highest BCUT2D eigenvalue weighted by atomic mass is 16.5. The highest BCUT2D eigenvalue weighted by molar-refractivity contribution is 6.36. The van der Waals surface area contributed by atoms with Crippen molar-refractivity contribution < 1.29 is 23.8 Å². The topological polar surface area (TPSA) is 77.1 Å². The van der Waals surface area contributed by atoms with E-state index in [2.05, 4.69) is 5.32 Å². The van der Waals surface area contributed by atoms with Gasteiger partial charge in [-0.25, -0.2) is 0 Å². The summed E-state index contributed by atoms with van der Waals surface area (Å²) in [6.07, 6.45) is 0.0102. The Hall–Kier alpha value is -3.32. The maximum absolute atomic E-state index is 13.3. The number of ether oxygens (including phenoxy) is 3. The average Bonchev–Trinajstić information content (AvgIpc) is 2.97. The van der Waals surface area contributed by atoms with Crippen molar-refractivity contribution in [2.45, 2.75) is 26.9 Å². The fourth-order valence-corrected chi connectivity index (χ4v) is 3.40. The van der Waals surface area contributed by atoms with Crippen LogP contribution < -0.4 is 14.8 Å². The van der Waals surface area contributed by atoms with Crippen LogP contribution in [0.5, 0.6) is 11.5 Å². The number of methoxy groups -OCH3 is 2. The molecule has 3 rings (SSSR count). The minimum atomic E-state index is -0.386. The van der Waals surface area contributed by atoms with Crippen LogP contribution in [0.4, 0.5) is 5.69 Å². The number of imide groups is 1. The van der Waals surface area contributed by atoms with Crippen molar-refractivity contribution in [3.05, 3.63) is 59.3 Å². The van der Waals surface area contributed by atoms with Crippen molar-refractivity contribution in [1.82, 2.24) is 4.90 Å². The number of nitrogens with one attached hydrogen (secondary N) is 1. The van der Waals surface area contributed by atoms with Gasteiger partial charge in [0.2, 0.25) is 0 Å². The molecule has 1 N–H and O–H groups in total. The zero-order valence-corrected chi connectivity index (χ0v) is 18.5. The Morgan fingerprint density at radius 1 is 0.968 bits per heavy atom. The Labute approximate surface area is 182 Å². The van der Waals surface area contributed by atoms with Crippen LogP contribution in [-0.2, 0) is 14.3 Å². The van der Waals surface area contributed by atoms with Crippen LogP contribution in [0.3, 0.4) is 0 Å². The molecule has 1 aliphatic rings. The van der Waals surface area contributed by atoms with Crippen LogP contribution in [0.25, 0.3) is 5.57 Å². The van der Waals surface area contributed by atoms with Gasteiger partial charge in [-0.3, -0.25) is 14.5 Å². The highest BCUT2D eigenvalue weighted by Gasteiger charge is 2.39. The van der Waals surface area contributed by atoms with Crippen LogP contribution in [0.15, 0.2) is 48.2 Å². The first-order chi connectivity index (χ1) is 14.8. The van der Waals surface area contributed by atoms with E-state index in [9.17, 15) is 9.59 Å². The smallest absolute Gasteiger partial charge is 0.278 e. The first-order valence-corrected chi connectivity index (χ1v) is 10.1. The van der Waals surface area contributed by atoms with Crippen molar-refractivity contribution in [3.63, 3.8) is 0 Å². The number of nitrogens with zero attached hydrogens (tertiary/aromatic N) is 1. The quantitative estimate of drug-likeness (QED) is 0.620. The number of rotatable bonds is 9. The Kier molecular flexibility index (Phi) is 6.97. The summed E-state index contributed by atoms with van der Waals surface area (Å²) in [5, 5.41) is 3.16. The molecule has 0 spiro atoms. The van der Waals surface area contributed by atoms with Crippen LogP contribution in [0.2, 0.25) is 0 Å². The minimum Gasteiger partial charge on any atom is -0.493 e. The van der Waals surface area contributed by atoms with Gasteiger partial charge < -0.3 is 19.5 Å². The lowest BCUT2D eigenvalue weighted by Crippen LogP contribution is -2.35. The lowest BCUT2D eigenvalue weighted by molar-refractivity contribution is -0.137. The second-order valence-electron chi connectivity index (χ2n) is 7.50. The molecule has 164 valence electrons. The number of carbonyl (C=O) groups excluding carboxylic acids is 2. The number of aryl methyl sites for hydroxylation is 1. The summed E-state index contributed by atoms with van der Waals surface area (Å²) in [6.45, 7) is 6.22. The summed E-state index contributed by atoms with van der Waals surface area (Å²) in [6, 6.07) is 12.8. The van der Waals surface area contributed by atoms with E-state index < -0.39 is 0 Å². The molecule has 0 radical (unpaired) electrons. The molecule has 0 aromatic heterocycles. The van der Waals surface area contributed by atoms with E-state index in [0.717, 1.165) is 11.3 Å². The van der Waals surface area contributed by atoms with Crippen molar-refractivity contribution in [2.24, 2.45) is 0 Å². The van der Waals surface area contributed by atoms with E-state index in [1.54, 1.807) is 25.3 Å². The molecular weight excluding hydrogens is 396 g/mol. The lowest BCUT2D eigenvalue weighted by atomic mass is 10.0. The molecule has 1 aliphatic heterocycles. The third-order valence-corrected chi connectivity index (χ3v) is 4.89. The molecule has 31 heavy (non-hydrogen) atoms. The maximum atomic E-state index is 13.3. The summed E-state index contributed by atoms with van der Waals surface area (Å²) in [5.41, 5.74) is 2.86. The Bertz CT molecular complexity index is 1010. The van der Waals surface area contributed by atoms with Gasteiger partial charge in [0, 0.05) is 5.69 Å². The standard InChI is InChI=1S/C24H28N2O5/c1-15(2)31-12-11-26-23(27)21(17-9-10-19(29-4)20(14-17)30-5)22(24(26)28)25-18-8-6-7-16(3)13-18/h6-10,13-15,25H,11-12H2,1-5H3. The molecular formula is C24H28N2O5. The van der Waals surface area contributed by atoms with Gasteiger partial charge in [0.25, 0.3) is 11.8 Å². The van der Waals surface area contributed by atoms with Crippen LogP contribution in [0, 0.1) is 6.92 Å². The van der Waals surface area contributed by atoms with E-state index in [1.807, 2.05) is 45.0 Å². The molecule has 1 heterocycles. The molecule has 0 saturated carbocycles. The van der Waals surface area contributed by atoms with Crippen molar-refractivity contribution in [1.29, 1.82) is 0 Å². The number of amides is 2. The predicted molar refractivity (Wildman–Crippen MR) is 119 cm³/mol. The van der Waals surface area contributed by atoms with Crippen LogP contribution in [0.1, 0.15) is 25.0 Å². The number of hydrogen-bond acceptors (Lipinski definition) is 6. The molecule has 2 aromatic rings.